The minimum absolute atomic E-state index is 0.0421. The Morgan fingerprint density at radius 2 is 2.00 bits per heavy atom. The molecule has 1 aliphatic rings. The van der Waals surface area contributed by atoms with Crippen LogP contribution in [0.1, 0.15) is 26.2 Å². The van der Waals surface area contributed by atoms with Gasteiger partial charge in [-0.15, -0.1) is 0 Å². The van der Waals surface area contributed by atoms with E-state index in [1.54, 1.807) is 0 Å². The van der Waals surface area contributed by atoms with Crippen LogP contribution in [-0.4, -0.2) is 50.7 Å². The average Bonchev–Trinajstić information content (AvgIpc) is 2.87. The van der Waals surface area contributed by atoms with Gasteiger partial charge in [-0.05, 0) is 19.3 Å². The molecule has 3 N–H and O–H groups in total. The minimum Gasteiger partial charge on any atom is -0.377 e. The van der Waals surface area contributed by atoms with Gasteiger partial charge in [0.1, 0.15) is 0 Å². The second-order valence-electron chi connectivity index (χ2n) is 4.39. The van der Waals surface area contributed by atoms with Crippen LogP contribution in [0.5, 0.6) is 0 Å². The summed E-state index contributed by atoms with van der Waals surface area (Å²) in [5.41, 5.74) is 0. The maximum atomic E-state index is 11.4. The predicted octanol–water partition coefficient (Wildman–Crippen LogP) is -0.603. The molecule has 0 radical (unpaired) electrons. The highest BCUT2D eigenvalue weighted by molar-refractivity contribution is 5.85. The molecule has 2 amide bonds. The zero-order valence-corrected chi connectivity index (χ0v) is 11.0. The molecule has 1 atom stereocenters. The third kappa shape index (κ3) is 6.56. The van der Waals surface area contributed by atoms with E-state index in [4.69, 9.17) is 4.74 Å². The number of rotatable bonds is 8. The first-order valence-electron chi connectivity index (χ1n) is 6.58. The highest BCUT2D eigenvalue weighted by atomic mass is 16.5. The van der Waals surface area contributed by atoms with E-state index >= 15 is 0 Å². The lowest BCUT2D eigenvalue weighted by molar-refractivity contribution is -0.125. The molecule has 1 unspecified atom stereocenters. The van der Waals surface area contributed by atoms with Gasteiger partial charge in [-0.2, -0.15) is 0 Å². The van der Waals surface area contributed by atoms with Crippen molar-refractivity contribution in [1.29, 1.82) is 0 Å². The van der Waals surface area contributed by atoms with Crippen molar-refractivity contribution in [2.24, 2.45) is 0 Å². The lowest BCUT2D eigenvalue weighted by Gasteiger charge is -2.10. The Morgan fingerprint density at radius 1 is 1.22 bits per heavy atom. The van der Waals surface area contributed by atoms with Crippen LogP contribution in [0, 0.1) is 0 Å². The summed E-state index contributed by atoms with van der Waals surface area (Å²) in [5.74, 6) is -0.316. The molecule has 1 saturated heterocycles. The number of ether oxygens (including phenoxy) is 1. The van der Waals surface area contributed by atoms with Crippen LogP contribution in [0.2, 0.25) is 0 Å². The van der Waals surface area contributed by atoms with Crippen LogP contribution in [0.15, 0.2) is 0 Å². The number of amides is 2. The first-order chi connectivity index (χ1) is 8.72. The van der Waals surface area contributed by atoms with Gasteiger partial charge in [-0.3, -0.25) is 9.59 Å². The molecule has 0 aliphatic carbocycles. The molecule has 104 valence electrons. The molecule has 0 bridgehead atoms. The predicted molar refractivity (Wildman–Crippen MR) is 68.2 cm³/mol. The highest BCUT2D eigenvalue weighted by Gasteiger charge is 2.15. The van der Waals surface area contributed by atoms with Crippen LogP contribution in [0.3, 0.4) is 0 Å². The Balaban J connectivity index is 1.97. The molecule has 0 aromatic heterocycles. The summed E-state index contributed by atoms with van der Waals surface area (Å²) in [4.78, 5) is 22.6. The summed E-state index contributed by atoms with van der Waals surface area (Å²) in [6, 6.07) is 0. The van der Waals surface area contributed by atoms with Gasteiger partial charge in [-0.25, -0.2) is 0 Å². The summed E-state index contributed by atoms with van der Waals surface area (Å²) < 4.78 is 5.42. The fourth-order valence-electron chi connectivity index (χ4n) is 1.72. The number of hydrogen-bond donors (Lipinski definition) is 3. The van der Waals surface area contributed by atoms with E-state index in [0.29, 0.717) is 13.1 Å². The van der Waals surface area contributed by atoms with Gasteiger partial charge in [0.25, 0.3) is 0 Å². The first-order valence-corrected chi connectivity index (χ1v) is 6.58. The fraction of sp³-hybridized carbons (Fsp3) is 0.833. The Morgan fingerprint density at radius 3 is 2.67 bits per heavy atom. The molecular formula is C12H23N3O3. The van der Waals surface area contributed by atoms with Gasteiger partial charge < -0.3 is 20.7 Å². The summed E-state index contributed by atoms with van der Waals surface area (Å²) >= 11 is 0. The minimum atomic E-state index is -0.167. The molecule has 0 aromatic carbocycles. The second kappa shape index (κ2) is 8.88. The highest BCUT2D eigenvalue weighted by Crippen LogP contribution is 2.10. The molecular weight excluding hydrogens is 234 g/mol. The van der Waals surface area contributed by atoms with Crippen molar-refractivity contribution in [3.63, 3.8) is 0 Å². The van der Waals surface area contributed by atoms with Crippen molar-refractivity contribution >= 4 is 11.8 Å². The van der Waals surface area contributed by atoms with Gasteiger partial charge in [0, 0.05) is 19.7 Å². The third-order valence-electron chi connectivity index (χ3n) is 2.70. The van der Waals surface area contributed by atoms with Crippen molar-refractivity contribution in [3.05, 3.63) is 0 Å². The summed E-state index contributed by atoms with van der Waals surface area (Å²) in [7, 11) is 0. The van der Waals surface area contributed by atoms with Crippen LogP contribution >= 0.6 is 0 Å². The van der Waals surface area contributed by atoms with Crippen molar-refractivity contribution < 1.29 is 14.3 Å². The molecule has 1 fully saturated rings. The van der Waals surface area contributed by atoms with Crippen molar-refractivity contribution in [1.82, 2.24) is 16.0 Å². The van der Waals surface area contributed by atoms with Gasteiger partial charge in [0.15, 0.2) is 0 Å². The van der Waals surface area contributed by atoms with Crippen molar-refractivity contribution in [2.75, 3.05) is 32.8 Å². The fourth-order valence-corrected chi connectivity index (χ4v) is 1.72. The van der Waals surface area contributed by atoms with Crippen LogP contribution in [0.25, 0.3) is 0 Å². The zero-order chi connectivity index (χ0) is 13.2. The Bertz CT molecular complexity index is 265. The number of carbonyl (C=O) groups excluding carboxylic acids is 2. The summed E-state index contributed by atoms with van der Waals surface area (Å²) in [6.45, 7) is 4.40. The van der Waals surface area contributed by atoms with E-state index in [2.05, 4.69) is 16.0 Å². The number of carbonyl (C=O) groups is 2. The second-order valence-corrected chi connectivity index (χ2v) is 4.39. The SMILES string of the molecule is CCCNC(=O)CNC(=O)CNCC1CCCO1. The van der Waals surface area contributed by atoms with Crippen molar-refractivity contribution in [2.45, 2.75) is 32.3 Å². The lowest BCUT2D eigenvalue weighted by Crippen LogP contribution is -2.42. The topological polar surface area (TPSA) is 79.5 Å². The van der Waals surface area contributed by atoms with E-state index in [9.17, 15) is 9.59 Å². The average molecular weight is 257 g/mol. The molecule has 0 spiro atoms. The Kier molecular flexibility index (Phi) is 7.36. The van der Waals surface area contributed by atoms with Gasteiger partial charge in [0.2, 0.25) is 11.8 Å². The summed E-state index contributed by atoms with van der Waals surface area (Å²) in [6.07, 6.45) is 3.26. The molecule has 18 heavy (non-hydrogen) atoms. The third-order valence-corrected chi connectivity index (χ3v) is 2.70. The van der Waals surface area contributed by atoms with Gasteiger partial charge in [0.05, 0.1) is 19.2 Å². The van der Waals surface area contributed by atoms with Crippen molar-refractivity contribution in [3.8, 4) is 0 Å². The van der Waals surface area contributed by atoms with E-state index in [0.717, 1.165) is 25.9 Å². The van der Waals surface area contributed by atoms with Crippen LogP contribution in [0.4, 0.5) is 0 Å². The Hall–Kier alpha value is -1.14. The van der Waals surface area contributed by atoms with E-state index in [-0.39, 0.29) is 31.0 Å². The first kappa shape index (κ1) is 14.9. The lowest BCUT2D eigenvalue weighted by atomic mass is 10.2. The summed E-state index contributed by atoms with van der Waals surface area (Å²) in [5, 5.41) is 8.28. The Labute approximate surface area is 108 Å². The largest absolute Gasteiger partial charge is 0.377 e. The maximum Gasteiger partial charge on any atom is 0.239 e. The maximum absolute atomic E-state index is 11.4. The number of nitrogens with one attached hydrogen (secondary N) is 3. The monoisotopic (exact) mass is 257 g/mol. The normalized spacial score (nSPS) is 18.6. The van der Waals surface area contributed by atoms with Gasteiger partial charge in [-0.1, -0.05) is 6.92 Å². The zero-order valence-electron chi connectivity index (χ0n) is 11.0. The van der Waals surface area contributed by atoms with E-state index in [1.165, 1.54) is 0 Å². The molecule has 6 nitrogen and oxygen atoms in total. The molecule has 1 rings (SSSR count). The number of hydrogen-bond acceptors (Lipinski definition) is 4. The quantitative estimate of drug-likeness (QED) is 0.542. The molecule has 1 heterocycles. The molecule has 1 aliphatic heterocycles. The van der Waals surface area contributed by atoms with Crippen LogP contribution < -0.4 is 16.0 Å². The van der Waals surface area contributed by atoms with Crippen LogP contribution in [-0.2, 0) is 14.3 Å². The molecule has 0 saturated carbocycles. The van der Waals surface area contributed by atoms with E-state index in [1.807, 2.05) is 6.92 Å². The smallest absolute Gasteiger partial charge is 0.239 e. The molecule has 6 heteroatoms. The van der Waals surface area contributed by atoms with E-state index < -0.39 is 0 Å². The van der Waals surface area contributed by atoms with Gasteiger partial charge >= 0.3 is 0 Å². The molecule has 0 aromatic rings. The standard InChI is InChI=1S/C12H23N3O3/c1-2-5-14-12(17)9-15-11(16)8-13-7-10-4-3-6-18-10/h10,13H,2-9H2,1H3,(H,14,17)(H,15,16).